The summed E-state index contributed by atoms with van der Waals surface area (Å²) >= 11 is 0. The first-order valence-corrected chi connectivity index (χ1v) is 27.2. The molecule has 3 aliphatic rings. The molecule has 1 unspecified atom stereocenters. The van der Waals surface area contributed by atoms with E-state index in [1.165, 1.54) is 68.6 Å². The summed E-state index contributed by atoms with van der Waals surface area (Å²) < 4.78 is 80.3. The minimum Gasteiger partial charge on any atom is -0.491 e. The van der Waals surface area contributed by atoms with Gasteiger partial charge in [-0.25, -0.2) is 19.2 Å². The van der Waals surface area contributed by atoms with Crippen LogP contribution in [0.2, 0.25) is 0 Å². The maximum absolute atomic E-state index is 14.1. The number of nitrogens with zero attached hydrogens (tertiary/aromatic N) is 4. The summed E-state index contributed by atoms with van der Waals surface area (Å²) in [5, 5.41) is 93.0. The van der Waals surface area contributed by atoms with Crippen LogP contribution < -0.4 is 26.6 Å². The van der Waals surface area contributed by atoms with E-state index in [1.807, 2.05) is 0 Å². The molecule has 0 bridgehead atoms. The quantitative estimate of drug-likeness (QED) is 0.0396. The molecule has 2 heterocycles. The Labute approximate surface area is 503 Å². The fourth-order valence-corrected chi connectivity index (χ4v) is 9.79. The zero-order valence-corrected chi connectivity index (χ0v) is 48.2. The summed E-state index contributed by atoms with van der Waals surface area (Å²) in [5.41, 5.74) is -3.07. The first-order chi connectivity index (χ1) is 41.7. The molecule has 1 saturated heterocycles. The van der Waals surface area contributed by atoms with Crippen LogP contribution >= 0.6 is 0 Å². The lowest BCUT2D eigenvalue weighted by atomic mass is 9.72. The molecule has 2 aliphatic heterocycles. The van der Waals surface area contributed by atoms with Crippen molar-refractivity contribution in [3.8, 4) is 0 Å². The fourth-order valence-electron chi connectivity index (χ4n) is 9.79. The van der Waals surface area contributed by atoms with Crippen LogP contribution in [-0.2, 0) is 62.6 Å². The number of non-ortho nitro benzene ring substituents is 3. The number of nitro groups is 3. The summed E-state index contributed by atoms with van der Waals surface area (Å²) in [7, 11) is 1.19. The summed E-state index contributed by atoms with van der Waals surface area (Å²) in [5.74, 6) is -5.75. The molecule has 6 rings (SSSR count). The Morgan fingerprint density at radius 1 is 0.730 bits per heavy atom. The Morgan fingerprint density at radius 2 is 1.21 bits per heavy atom. The summed E-state index contributed by atoms with van der Waals surface area (Å²) in [6.45, 7) is 2.41. The number of alkyl carbamates (subject to hydrolysis) is 3. The van der Waals surface area contributed by atoms with Gasteiger partial charge < -0.3 is 85.1 Å². The number of hydrogen-bond acceptors (Lipinski definition) is 23. The third-order valence-corrected chi connectivity index (χ3v) is 14.1. The highest BCUT2D eigenvalue weighted by Gasteiger charge is 2.57. The second-order valence-electron chi connectivity index (χ2n) is 22.0. The third kappa shape index (κ3) is 19.5. The van der Waals surface area contributed by atoms with Gasteiger partial charge in [0.05, 0.1) is 52.2 Å². The Morgan fingerprint density at radius 3 is 1.69 bits per heavy atom. The number of aliphatic hydroxyl groups excluding tert-OH is 3. The van der Waals surface area contributed by atoms with Crippen molar-refractivity contribution in [1.82, 2.24) is 31.5 Å². The first-order valence-electron chi connectivity index (χ1n) is 27.2. The number of benzene rings is 3. The summed E-state index contributed by atoms with van der Waals surface area (Å²) in [6.07, 6.45) is -22.3. The molecule has 12 atom stereocenters. The zero-order chi connectivity index (χ0) is 65.7. The number of aliphatic hydroxyl groups is 4. The van der Waals surface area contributed by atoms with Crippen molar-refractivity contribution in [2.24, 2.45) is 5.92 Å². The number of rotatable bonds is 22. The van der Waals surface area contributed by atoms with Gasteiger partial charge >= 0.3 is 36.5 Å². The van der Waals surface area contributed by atoms with Gasteiger partial charge in [0.2, 0.25) is 5.91 Å². The highest BCUT2D eigenvalue weighted by Crippen LogP contribution is 2.39. The van der Waals surface area contributed by atoms with E-state index in [1.54, 1.807) is 26.1 Å². The highest BCUT2D eigenvalue weighted by atomic mass is 19.4. The molecular formula is C54H66F3N9O23. The van der Waals surface area contributed by atoms with Gasteiger partial charge in [-0.15, -0.1) is 0 Å². The lowest BCUT2D eigenvalue weighted by Gasteiger charge is -2.52. The lowest BCUT2D eigenvalue weighted by Crippen LogP contribution is -2.71. The Bertz CT molecular complexity index is 3060. The van der Waals surface area contributed by atoms with Gasteiger partial charge in [0.25, 0.3) is 17.1 Å². The van der Waals surface area contributed by atoms with Gasteiger partial charge in [-0.3, -0.25) is 39.9 Å². The molecule has 3 aromatic rings. The second kappa shape index (κ2) is 29.8. The summed E-state index contributed by atoms with van der Waals surface area (Å²) in [6, 6.07) is 8.39. The number of carbonyl (C=O) groups excluding carboxylic acids is 6. The van der Waals surface area contributed by atoms with Gasteiger partial charge in [-0.2, -0.15) is 13.2 Å². The monoisotopic (exact) mass is 1270 g/mol. The molecule has 3 aromatic carbocycles. The Hall–Kier alpha value is -9.03. The average Bonchev–Trinajstić information content (AvgIpc) is 2.65. The van der Waals surface area contributed by atoms with E-state index in [4.69, 9.17) is 33.2 Å². The normalized spacial score (nSPS) is 24.6. The molecule has 0 radical (unpaired) electrons. The smallest absolute Gasteiger partial charge is 0.471 e. The van der Waals surface area contributed by atoms with E-state index < -0.39 is 187 Å². The molecule has 1 aliphatic carbocycles. The van der Waals surface area contributed by atoms with Crippen LogP contribution in [0.4, 0.5) is 49.4 Å². The van der Waals surface area contributed by atoms with Gasteiger partial charge in [-0.1, -0.05) is 0 Å². The van der Waals surface area contributed by atoms with Crippen LogP contribution in [0.5, 0.6) is 0 Å². The standard InChI is InChI=1S/C54H66F3N9O23/c1-52(2,3)89-51(75)63(5)44-41(69)46(86-27-53(44,4)76)88-43-37(60-45(70)38(67)20-21-58-48(72)83-24-28-6-12-31(13-7-28)64(77)78)22-36(62-50(74)85-26-30-10-16-33(17-11-30)66(81)82)39(40(43)68)42-35(19-18-34(87-42)23-59-47(71)54(55,56)57)61-49(73)84-25-29-8-14-32(15-9-29)65(79)80/h6-18,35-44,46,67-69,76H,19-27H2,1-5H3,(H,58,72)(H,59,71)(H,60,70)(H,61,73)(H,62,74)/t35-,36+,37-,38+,39-,40+,41-,42?,43+,44-,46-,53+/m1/s1. The number of likely N-dealkylation sites (N-methyl/N-ethyl adjacent to an activating group) is 1. The minimum atomic E-state index is -5.38. The van der Waals surface area contributed by atoms with Crippen LogP contribution in [0.25, 0.3) is 0 Å². The summed E-state index contributed by atoms with van der Waals surface area (Å²) in [4.78, 5) is 112. The maximum atomic E-state index is 14.1. The molecule has 89 heavy (non-hydrogen) atoms. The van der Waals surface area contributed by atoms with E-state index in [9.17, 15) is 92.7 Å². The van der Waals surface area contributed by atoms with Crippen LogP contribution in [0.3, 0.4) is 0 Å². The number of hydrogen-bond donors (Lipinski definition) is 9. The molecule has 1 saturated carbocycles. The SMILES string of the molecule is CN(C(=O)OC(C)(C)C)[C@@H]1[C@@H](O)[C@@H](O[C@@H]2[C@@H](O)[C@H](C3OC(CNC(=O)C(F)(F)F)=CC[C@H]3NC(=O)OCc3ccc([N+](=O)[O-])cc3)[C@@H](NC(=O)OCc3ccc([N+](=O)[O-])cc3)C[C@H]2NC(=O)[C@@H](O)CCNC(=O)OCc2ccc([N+](=O)[O-])cc2)OC[C@]1(C)O. The molecule has 6 amide bonds. The molecular weight excluding hydrogens is 1200 g/mol. The van der Waals surface area contributed by atoms with E-state index in [2.05, 4.69) is 21.3 Å². The van der Waals surface area contributed by atoms with Gasteiger partial charge in [-0.05, 0) is 106 Å². The van der Waals surface area contributed by atoms with Crippen LogP contribution in [0.15, 0.2) is 84.6 Å². The number of nitro benzene ring substituents is 3. The predicted octanol–water partition coefficient (Wildman–Crippen LogP) is 3.28. The number of alkyl halides is 3. The largest absolute Gasteiger partial charge is 0.491 e. The average molecular weight is 1270 g/mol. The van der Waals surface area contributed by atoms with Crippen molar-refractivity contribution in [1.29, 1.82) is 0 Å². The lowest BCUT2D eigenvalue weighted by molar-refractivity contribution is -0.385. The number of amides is 6. The minimum absolute atomic E-state index is 0.216. The maximum Gasteiger partial charge on any atom is 0.471 e. The number of carbonyl (C=O) groups is 6. The van der Waals surface area contributed by atoms with Crippen LogP contribution in [0, 0.1) is 36.3 Å². The van der Waals surface area contributed by atoms with Crippen LogP contribution in [-0.4, -0.2) is 181 Å². The molecule has 0 spiro atoms. The van der Waals surface area contributed by atoms with Gasteiger partial charge in [0.15, 0.2) is 6.29 Å². The predicted molar refractivity (Wildman–Crippen MR) is 294 cm³/mol. The van der Waals surface area contributed by atoms with Gasteiger partial charge in [0, 0.05) is 62.0 Å². The number of halogens is 3. The van der Waals surface area contributed by atoms with Crippen molar-refractivity contribution < 1.29 is 110 Å². The van der Waals surface area contributed by atoms with Gasteiger partial charge in [0.1, 0.15) is 61.2 Å². The molecule has 32 nitrogen and oxygen atoms in total. The Kier molecular flexibility index (Phi) is 23.1. The van der Waals surface area contributed by atoms with Crippen molar-refractivity contribution in [3.05, 3.63) is 132 Å². The van der Waals surface area contributed by atoms with Crippen LogP contribution in [0.1, 0.15) is 63.6 Å². The van der Waals surface area contributed by atoms with Crippen molar-refractivity contribution in [3.63, 3.8) is 0 Å². The molecule has 9 N–H and O–H groups in total. The Balaban J connectivity index is 1.36. The molecule has 486 valence electrons. The van der Waals surface area contributed by atoms with E-state index in [-0.39, 0.29) is 41.2 Å². The fraction of sp³-hybridized carbons (Fsp3) is 0.519. The number of nitrogens with one attached hydrogen (secondary N) is 5. The third-order valence-electron chi connectivity index (χ3n) is 14.1. The molecule has 35 heteroatoms. The van der Waals surface area contributed by atoms with Crippen molar-refractivity contribution in [2.45, 2.75) is 145 Å². The van der Waals surface area contributed by atoms with E-state index in [0.29, 0.717) is 5.56 Å². The topological polar surface area (TPSA) is 441 Å². The zero-order valence-electron chi connectivity index (χ0n) is 48.2. The molecule has 2 fully saturated rings. The van der Waals surface area contributed by atoms with Crippen molar-refractivity contribution >= 4 is 53.2 Å². The van der Waals surface area contributed by atoms with Crippen molar-refractivity contribution in [2.75, 3.05) is 26.7 Å². The molecule has 0 aromatic heterocycles. The second-order valence-corrected chi connectivity index (χ2v) is 22.0. The van der Waals surface area contributed by atoms with E-state index >= 15 is 0 Å². The number of ether oxygens (including phenoxy) is 7. The highest BCUT2D eigenvalue weighted by molar-refractivity contribution is 5.82. The van der Waals surface area contributed by atoms with E-state index in [0.717, 1.165) is 29.2 Å². The first kappa shape index (κ1) is 69.1.